The number of rotatable bonds is 5. The van der Waals surface area contributed by atoms with Crippen LogP contribution in [0.15, 0.2) is 0 Å². The van der Waals surface area contributed by atoms with Crippen molar-refractivity contribution in [1.82, 2.24) is 10.2 Å². The zero-order chi connectivity index (χ0) is 13.9. The second-order valence-electron chi connectivity index (χ2n) is 5.75. The standard InChI is InChI=1S/C14H26N2O2/c1-6-14(7-2)13(18)16(9-12(17)15-14)11(5)8-10(3)4/h10-11H,6-9H2,1-5H3,(H,15,17). The van der Waals surface area contributed by atoms with Crippen molar-refractivity contribution in [1.29, 1.82) is 0 Å². The number of nitrogens with zero attached hydrogens (tertiary/aromatic N) is 1. The van der Waals surface area contributed by atoms with Crippen LogP contribution < -0.4 is 5.32 Å². The van der Waals surface area contributed by atoms with E-state index in [0.717, 1.165) is 6.42 Å². The van der Waals surface area contributed by atoms with Crippen LogP contribution in [0.5, 0.6) is 0 Å². The third kappa shape index (κ3) is 2.85. The Balaban J connectivity index is 2.92. The predicted octanol–water partition coefficient (Wildman–Crippen LogP) is 1.94. The quantitative estimate of drug-likeness (QED) is 0.815. The summed E-state index contributed by atoms with van der Waals surface area (Å²) in [6, 6.07) is 0.126. The van der Waals surface area contributed by atoms with Gasteiger partial charge in [0.25, 0.3) is 0 Å². The molecule has 1 heterocycles. The molecule has 1 unspecified atom stereocenters. The van der Waals surface area contributed by atoms with Crippen molar-refractivity contribution in [3.05, 3.63) is 0 Å². The lowest BCUT2D eigenvalue weighted by molar-refractivity contribution is -0.152. The Kier molecular flexibility index (Phi) is 4.77. The Morgan fingerprint density at radius 2 is 1.78 bits per heavy atom. The van der Waals surface area contributed by atoms with E-state index in [2.05, 4.69) is 19.2 Å². The molecule has 4 nitrogen and oxygen atoms in total. The normalized spacial score (nSPS) is 21.1. The van der Waals surface area contributed by atoms with Gasteiger partial charge in [-0.2, -0.15) is 0 Å². The van der Waals surface area contributed by atoms with E-state index in [4.69, 9.17) is 0 Å². The number of amides is 2. The molecule has 0 radical (unpaired) electrons. The smallest absolute Gasteiger partial charge is 0.249 e. The molecule has 0 aromatic heterocycles. The summed E-state index contributed by atoms with van der Waals surface area (Å²) in [6.07, 6.45) is 2.24. The molecule has 1 rings (SSSR count). The summed E-state index contributed by atoms with van der Waals surface area (Å²) in [5.41, 5.74) is -0.680. The van der Waals surface area contributed by atoms with Gasteiger partial charge < -0.3 is 10.2 Å². The van der Waals surface area contributed by atoms with Crippen LogP contribution in [0.3, 0.4) is 0 Å². The summed E-state index contributed by atoms with van der Waals surface area (Å²) in [6.45, 7) is 10.4. The summed E-state index contributed by atoms with van der Waals surface area (Å²) in [5.74, 6) is 0.574. The van der Waals surface area contributed by atoms with E-state index >= 15 is 0 Å². The number of hydrogen-bond donors (Lipinski definition) is 1. The molecule has 0 aromatic carbocycles. The highest BCUT2D eigenvalue weighted by atomic mass is 16.2. The van der Waals surface area contributed by atoms with Crippen molar-refractivity contribution < 1.29 is 9.59 Å². The first kappa shape index (κ1) is 15.0. The summed E-state index contributed by atoms with van der Waals surface area (Å²) >= 11 is 0. The Labute approximate surface area is 110 Å². The molecule has 1 N–H and O–H groups in total. The first-order valence-electron chi connectivity index (χ1n) is 6.98. The molecular weight excluding hydrogens is 228 g/mol. The molecule has 0 bridgehead atoms. The molecule has 1 aliphatic heterocycles. The maximum absolute atomic E-state index is 12.6. The fraction of sp³-hybridized carbons (Fsp3) is 0.857. The molecule has 4 heteroatoms. The van der Waals surface area contributed by atoms with Gasteiger partial charge in [0.1, 0.15) is 5.54 Å². The van der Waals surface area contributed by atoms with Crippen LogP contribution in [0.25, 0.3) is 0 Å². The van der Waals surface area contributed by atoms with E-state index in [0.29, 0.717) is 18.8 Å². The number of carbonyl (C=O) groups is 2. The van der Waals surface area contributed by atoms with Crippen molar-refractivity contribution >= 4 is 11.8 Å². The molecule has 0 spiro atoms. The van der Waals surface area contributed by atoms with Gasteiger partial charge in [-0.25, -0.2) is 0 Å². The Morgan fingerprint density at radius 3 is 2.22 bits per heavy atom. The van der Waals surface area contributed by atoms with Crippen molar-refractivity contribution in [2.75, 3.05) is 6.54 Å². The molecular formula is C14H26N2O2. The van der Waals surface area contributed by atoms with E-state index in [-0.39, 0.29) is 24.4 Å². The number of piperazine rings is 1. The first-order chi connectivity index (χ1) is 8.36. The van der Waals surface area contributed by atoms with E-state index in [1.165, 1.54) is 0 Å². The molecule has 0 saturated carbocycles. The van der Waals surface area contributed by atoms with Crippen LogP contribution in [-0.4, -0.2) is 34.8 Å². The molecule has 1 atom stereocenters. The van der Waals surface area contributed by atoms with Gasteiger partial charge >= 0.3 is 0 Å². The predicted molar refractivity (Wildman–Crippen MR) is 72.1 cm³/mol. The van der Waals surface area contributed by atoms with Gasteiger partial charge in [-0.3, -0.25) is 9.59 Å². The second-order valence-corrected chi connectivity index (χ2v) is 5.75. The van der Waals surface area contributed by atoms with Gasteiger partial charge in [-0.1, -0.05) is 27.7 Å². The fourth-order valence-corrected chi connectivity index (χ4v) is 2.76. The van der Waals surface area contributed by atoms with Crippen LogP contribution in [-0.2, 0) is 9.59 Å². The monoisotopic (exact) mass is 254 g/mol. The number of hydrogen-bond acceptors (Lipinski definition) is 2. The lowest BCUT2D eigenvalue weighted by atomic mass is 9.87. The zero-order valence-electron chi connectivity index (χ0n) is 12.2. The van der Waals surface area contributed by atoms with Crippen LogP contribution >= 0.6 is 0 Å². The third-order valence-electron chi connectivity index (χ3n) is 3.91. The third-order valence-corrected chi connectivity index (χ3v) is 3.91. The molecule has 18 heavy (non-hydrogen) atoms. The van der Waals surface area contributed by atoms with E-state index < -0.39 is 5.54 Å². The molecule has 1 fully saturated rings. The largest absolute Gasteiger partial charge is 0.340 e. The lowest BCUT2D eigenvalue weighted by Gasteiger charge is -2.44. The Bertz CT molecular complexity index is 322. The molecule has 2 amide bonds. The fourth-order valence-electron chi connectivity index (χ4n) is 2.76. The van der Waals surface area contributed by atoms with Gasteiger partial charge in [-0.15, -0.1) is 0 Å². The average Bonchev–Trinajstić information content (AvgIpc) is 2.30. The highest BCUT2D eigenvalue weighted by Crippen LogP contribution is 2.25. The van der Waals surface area contributed by atoms with Crippen molar-refractivity contribution in [3.8, 4) is 0 Å². The minimum Gasteiger partial charge on any atom is -0.340 e. The van der Waals surface area contributed by atoms with E-state index in [1.54, 1.807) is 4.90 Å². The summed E-state index contributed by atoms with van der Waals surface area (Å²) < 4.78 is 0. The average molecular weight is 254 g/mol. The minimum absolute atomic E-state index is 0.0334. The van der Waals surface area contributed by atoms with Crippen molar-refractivity contribution in [3.63, 3.8) is 0 Å². The van der Waals surface area contributed by atoms with Gasteiger partial charge in [0.05, 0.1) is 6.54 Å². The lowest BCUT2D eigenvalue weighted by Crippen LogP contribution is -2.67. The van der Waals surface area contributed by atoms with Crippen molar-refractivity contribution in [2.45, 2.75) is 65.5 Å². The summed E-state index contributed by atoms with van der Waals surface area (Å²) in [5, 5.41) is 2.89. The van der Waals surface area contributed by atoms with Crippen LogP contribution in [0.4, 0.5) is 0 Å². The van der Waals surface area contributed by atoms with Gasteiger partial charge in [-0.05, 0) is 32.1 Å². The second kappa shape index (κ2) is 5.72. The Morgan fingerprint density at radius 1 is 1.22 bits per heavy atom. The topological polar surface area (TPSA) is 49.4 Å². The number of nitrogens with one attached hydrogen (secondary N) is 1. The Hall–Kier alpha value is -1.06. The highest BCUT2D eigenvalue weighted by molar-refractivity contribution is 5.98. The number of carbonyl (C=O) groups excluding carboxylic acids is 2. The van der Waals surface area contributed by atoms with Crippen LogP contribution in [0.1, 0.15) is 53.9 Å². The van der Waals surface area contributed by atoms with Gasteiger partial charge in [0.15, 0.2) is 0 Å². The van der Waals surface area contributed by atoms with Gasteiger partial charge in [0, 0.05) is 6.04 Å². The minimum atomic E-state index is -0.680. The van der Waals surface area contributed by atoms with E-state index in [1.807, 2.05) is 20.8 Å². The molecule has 0 aliphatic carbocycles. The highest BCUT2D eigenvalue weighted by Gasteiger charge is 2.45. The van der Waals surface area contributed by atoms with E-state index in [9.17, 15) is 9.59 Å². The maximum atomic E-state index is 12.6. The molecule has 1 saturated heterocycles. The molecule has 0 aromatic rings. The van der Waals surface area contributed by atoms with Crippen LogP contribution in [0.2, 0.25) is 0 Å². The summed E-state index contributed by atoms with van der Waals surface area (Å²) in [7, 11) is 0. The summed E-state index contributed by atoms with van der Waals surface area (Å²) in [4.78, 5) is 26.2. The van der Waals surface area contributed by atoms with Crippen LogP contribution in [0, 0.1) is 5.92 Å². The first-order valence-corrected chi connectivity index (χ1v) is 6.98. The zero-order valence-corrected chi connectivity index (χ0v) is 12.2. The maximum Gasteiger partial charge on any atom is 0.249 e. The molecule has 104 valence electrons. The SMILES string of the molecule is CCC1(CC)NC(=O)CN(C(C)CC(C)C)C1=O. The van der Waals surface area contributed by atoms with Gasteiger partial charge in [0.2, 0.25) is 11.8 Å². The van der Waals surface area contributed by atoms with Crippen molar-refractivity contribution in [2.24, 2.45) is 5.92 Å². The molecule has 1 aliphatic rings.